The zero-order valence-corrected chi connectivity index (χ0v) is 33.9. The molecule has 2 bridgehead atoms. The Morgan fingerprint density at radius 2 is 1.81 bits per heavy atom. The van der Waals surface area contributed by atoms with Gasteiger partial charge in [-0.1, -0.05) is 99.5 Å². The number of halogens is 1. The van der Waals surface area contributed by atoms with Crippen LogP contribution >= 0.6 is 15.9 Å². The molecule has 3 amide bonds. The average molecular weight is 787 g/mol. The van der Waals surface area contributed by atoms with Gasteiger partial charge in [-0.3, -0.25) is 19.2 Å². The molecule has 0 saturated carbocycles. The fourth-order valence-electron chi connectivity index (χ4n) is 9.03. The first-order chi connectivity index (χ1) is 24.4. The van der Waals surface area contributed by atoms with Crippen molar-refractivity contribution in [2.45, 2.75) is 134 Å². The second kappa shape index (κ2) is 16.6. The number of aliphatic hydroxyl groups excluding tert-OH is 1. The summed E-state index contributed by atoms with van der Waals surface area (Å²) >= 11 is 3.77. The average Bonchev–Trinajstić information content (AvgIpc) is 3.67. The largest absolute Gasteiger partial charge is 0.455 e. The summed E-state index contributed by atoms with van der Waals surface area (Å²) in [5.41, 5.74) is -1.40. The molecule has 3 saturated heterocycles. The van der Waals surface area contributed by atoms with Crippen LogP contribution in [-0.2, 0) is 28.7 Å². The monoisotopic (exact) mass is 785 g/mol. The van der Waals surface area contributed by atoms with Gasteiger partial charge in [-0.05, 0) is 56.9 Å². The second-order valence-electron chi connectivity index (χ2n) is 16.8. The van der Waals surface area contributed by atoms with E-state index in [0.29, 0.717) is 31.2 Å². The van der Waals surface area contributed by atoms with E-state index in [-0.39, 0.29) is 47.5 Å². The van der Waals surface area contributed by atoms with Crippen LogP contribution in [-0.4, -0.2) is 91.9 Å². The van der Waals surface area contributed by atoms with Crippen LogP contribution in [0.2, 0.25) is 0 Å². The molecule has 3 aliphatic heterocycles. The minimum Gasteiger partial charge on any atom is -0.455 e. The molecule has 10 atom stereocenters. The molecule has 1 aromatic rings. The SMILES string of the molecule is C=CCCC(=O)N[C@@H](C)[C@H](OC(=O)[C@@H]1[C@H]2O[C@@]3(CC2Br)[C@H](C(=O)N(CC=C)C(C)(C)CC(C)(C)C)N([C@@H](CO)[C@@H](C)CC)C(=O)[C@@H]13)c1ccccc1. The van der Waals surface area contributed by atoms with Crippen molar-refractivity contribution in [3.8, 4) is 0 Å². The lowest BCUT2D eigenvalue weighted by molar-refractivity contribution is -0.163. The molecule has 1 unspecified atom stereocenters. The van der Waals surface area contributed by atoms with E-state index in [1.165, 1.54) is 0 Å². The molecule has 52 heavy (non-hydrogen) atoms. The summed E-state index contributed by atoms with van der Waals surface area (Å²) in [6, 6.07) is 6.82. The van der Waals surface area contributed by atoms with E-state index >= 15 is 4.79 Å². The van der Waals surface area contributed by atoms with Crippen molar-refractivity contribution < 1.29 is 33.8 Å². The Balaban J connectivity index is 1.80. The number of fused-ring (bicyclic) bond motifs is 1. The normalized spacial score (nSPS) is 27.7. The highest BCUT2D eigenvalue weighted by Crippen LogP contribution is 2.61. The topological polar surface area (TPSA) is 125 Å². The number of alkyl halides is 1. The molecular formula is C41H60BrN3O7. The quantitative estimate of drug-likeness (QED) is 0.111. The molecule has 11 heteroatoms. The molecule has 3 fully saturated rings. The minimum atomic E-state index is -1.35. The summed E-state index contributed by atoms with van der Waals surface area (Å²) in [5, 5.41) is 13.8. The molecule has 0 aromatic heterocycles. The molecule has 4 rings (SSSR count). The summed E-state index contributed by atoms with van der Waals surface area (Å²) in [5.74, 6) is -3.72. The molecule has 10 nitrogen and oxygen atoms in total. The maximum absolute atomic E-state index is 15.2. The van der Waals surface area contributed by atoms with Gasteiger partial charge in [0.1, 0.15) is 17.7 Å². The third kappa shape index (κ3) is 8.21. The van der Waals surface area contributed by atoms with E-state index in [1.807, 2.05) is 58.0 Å². The van der Waals surface area contributed by atoms with Crippen molar-refractivity contribution in [3.05, 3.63) is 61.2 Å². The molecule has 1 aromatic carbocycles. The lowest BCUT2D eigenvalue weighted by atomic mass is 9.70. The number of allylic oxidation sites excluding steroid dienone is 1. The maximum Gasteiger partial charge on any atom is 0.313 e. The Kier molecular flexibility index (Phi) is 13.3. The van der Waals surface area contributed by atoms with Gasteiger partial charge in [0.05, 0.1) is 36.6 Å². The fraction of sp³-hybridized carbons (Fsp3) is 0.659. The van der Waals surface area contributed by atoms with Gasteiger partial charge in [0.15, 0.2) is 0 Å². The molecule has 288 valence electrons. The van der Waals surface area contributed by atoms with Gasteiger partial charge < -0.3 is 29.7 Å². The van der Waals surface area contributed by atoms with Gasteiger partial charge in [0.2, 0.25) is 17.7 Å². The molecule has 3 aliphatic rings. The highest BCUT2D eigenvalue weighted by atomic mass is 79.9. The van der Waals surface area contributed by atoms with Gasteiger partial charge >= 0.3 is 5.97 Å². The number of carbonyl (C=O) groups excluding carboxylic acids is 4. The van der Waals surface area contributed by atoms with Gasteiger partial charge in [0.25, 0.3) is 0 Å². The lowest BCUT2D eigenvalue weighted by Gasteiger charge is -2.47. The molecule has 3 heterocycles. The van der Waals surface area contributed by atoms with E-state index in [0.717, 1.165) is 0 Å². The Morgan fingerprint density at radius 1 is 1.15 bits per heavy atom. The molecule has 0 aliphatic carbocycles. The number of ether oxygens (including phenoxy) is 2. The summed E-state index contributed by atoms with van der Waals surface area (Å²) < 4.78 is 13.1. The fourth-order valence-corrected chi connectivity index (χ4v) is 9.98. The van der Waals surface area contributed by atoms with Crippen LogP contribution in [0.15, 0.2) is 55.6 Å². The first-order valence-corrected chi connectivity index (χ1v) is 19.6. The first kappa shape index (κ1) is 41.7. The maximum atomic E-state index is 15.2. The highest BCUT2D eigenvalue weighted by molar-refractivity contribution is 9.09. The highest BCUT2D eigenvalue weighted by Gasteiger charge is 2.78. The molecule has 0 radical (unpaired) electrons. The third-order valence-electron chi connectivity index (χ3n) is 11.1. The number of amides is 3. The van der Waals surface area contributed by atoms with Crippen LogP contribution in [0, 0.1) is 23.2 Å². The van der Waals surface area contributed by atoms with Crippen molar-refractivity contribution in [1.82, 2.24) is 15.1 Å². The van der Waals surface area contributed by atoms with Crippen LogP contribution in [0.4, 0.5) is 0 Å². The zero-order valence-electron chi connectivity index (χ0n) is 32.3. The van der Waals surface area contributed by atoms with Gasteiger partial charge in [-0.25, -0.2) is 0 Å². The van der Waals surface area contributed by atoms with Crippen molar-refractivity contribution in [2.75, 3.05) is 13.2 Å². The number of hydrogen-bond acceptors (Lipinski definition) is 7. The number of nitrogens with one attached hydrogen (secondary N) is 1. The van der Waals surface area contributed by atoms with Gasteiger partial charge in [-0.2, -0.15) is 0 Å². The number of aliphatic hydroxyl groups is 1. The van der Waals surface area contributed by atoms with Crippen LogP contribution in [0.5, 0.6) is 0 Å². The molecular weight excluding hydrogens is 726 g/mol. The van der Waals surface area contributed by atoms with Crippen LogP contribution < -0.4 is 5.32 Å². The third-order valence-corrected chi connectivity index (χ3v) is 12.0. The van der Waals surface area contributed by atoms with E-state index in [9.17, 15) is 19.5 Å². The summed E-state index contributed by atoms with van der Waals surface area (Å²) in [6.07, 6.45) is 4.18. The Morgan fingerprint density at radius 3 is 2.37 bits per heavy atom. The standard InChI is InChI=1S/C41H60BrN3O7/c1-11-14-20-30(47)43-26(5)33(27-18-16-15-17-19-27)51-38(50)31-32-36(48)45(29(23-46)25(4)13-3)35(41(32)22-28(42)34(31)52-41)37(49)44(21-12-2)40(9,10)24-39(6,7)8/h11-12,15-19,25-26,28-29,31-35,46H,1-2,13-14,20-24H2,3-10H3,(H,43,47)/t25-,26-,28?,29-,31-,32+,33-,34-,35-,41+/m0/s1. The lowest BCUT2D eigenvalue weighted by Crippen LogP contribution is -2.63. The number of hydrogen-bond donors (Lipinski definition) is 2. The number of likely N-dealkylation sites (tertiary alicyclic amines) is 1. The Bertz CT molecular complexity index is 1480. The number of benzene rings is 1. The van der Waals surface area contributed by atoms with Crippen molar-refractivity contribution in [1.29, 1.82) is 0 Å². The number of rotatable bonds is 17. The molecule has 1 spiro atoms. The molecule has 2 N–H and O–H groups in total. The van der Waals surface area contributed by atoms with E-state index < -0.39 is 65.2 Å². The minimum absolute atomic E-state index is 0.116. The first-order valence-electron chi connectivity index (χ1n) is 18.7. The van der Waals surface area contributed by atoms with E-state index in [2.05, 4.69) is 55.2 Å². The summed E-state index contributed by atoms with van der Waals surface area (Å²) in [4.78, 5) is 60.5. The Hall–Kier alpha value is -3.02. The number of nitrogens with zero attached hydrogens (tertiary/aromatic N) is 2. The second-order valence-corrected chi connectivity index (χ2v) is 18.0. The van der Waals surface area contributed by atoms with Crippen molar-refractivity contribution in [3.63, 3.8) is 0 Å². The van der Waals surface area contributed by atoms with E-state index in [4.69, 9.17) is 9.47 Å². The van der Waals surface area contributed by atoms with Crippen LogP contribution in [0.25, 0.3) is 0 Å². The smallest absolute Gasteiger partial charge is 0.313 e. The summed E-state index contributed by atoms with van der Waals surface area (Å²) in [7, 11) is 0. The Labute approximate surface area is 318 Å². The van der Waals surface area contributed by atoms with Crippen molar-refractivity contribution >= 4 is 39.6 Å². The van der Waals surface area contributed by atoms with Crippen molar-refractivity contribution in [2.24, 2.45) is 23.2 Å². The number of esters is 1. The number of carbonyl (C=O) groups is 4. The van der Waals surface area contributed by atoms with Crippen LogP contribution in [0.1, 0.15) is 99.2 Å². The predicted molar refractivity (Wildman–Crippen MR) is 205 cm³/mol. The van der Waals surface area contributed by atoms with Gasteiger partial charge in [-0.15, -0.1) is 13.2 Å². The zero-order chi connectivity index (χ0) is 38.8. The predicted octanol–water partition coefficient (Wildman–Crippen LogP) is 6.13. The van der Waals surface area contributed by atoms with Crippen LogP contribution in [0.3, 0.4) is 0 Å². The van der Waals surface area contributed by atoms with E-state index in [1.54, 1.807) is 28.9 Å². The van der Waals surface area contributed by atoms with Gasteiger partial charge in [0, 0.05) is 23.3 Å². The summed E-state index contributed by atoms with van der Waals surface area (Å²) in [6.45, 7) is 23.7.